The first-order valence-corrected chi connectivity index (χ1v) is 6.80. The van der Waals surface area contributed by atoms with Crippen molar-refractivity contribution in [3.8, 4) is 0 Å². The second kappa shape index (κ2) is 5.89. The highest BCUT2D eigenvalue weighted by Gasteiger charge is 2.21. The first-order valence-electron chi connectivity index (χ1n) is 6.80. The van der Waals surface area contributed by atoms with Gasteiger partial charge >= 0.3 is 0 Å². The van der Waals surface area contributed by atoms with E-state index >= 15 is 0 Å². The Labute approximate surface area is 109 Å². The number of rotatable bonds is 3. The molecule has 1 aromatic rings. The number of anilines is 1. The molecular weight excluding hydrogens is 224 g/mol. The van der Waals surface area contributed by atoms with Crippen LogP contribution in [0.2, 0.25) is 0 Å². The first-order chi connectivity index (χ1) is 8.69. The molecule has 0 aromatic heterocycles. The summed E-state index contributed by atoms with van der Waals surface area (Å²) in [6, 6.07) is 8.99. The second-order valence-electron chi connectivity index (χ2n) is 5.02. The van der Waals surface area contributed by atoms with Crippen molar-refractivity contribution in [2.45, 2.75) is 39.2 Å². The van der Waals surface area contributed by atoms with Gasteiger partial charge in [-0.3, -0.25) is 4.79 Å². The highest BCUT2D eigenvalue weighted by Crippen LogP contribution is 2.17. The molecule has 0 spiro atoms. The summed E-state index contributed by atoms with van der Waals surface area (Å²) < 4.78 is 0. The molecule has 0 bridgehead atoms. The van der Waals surface area contributed by atoms with E-state index in [2.05, 4.69) is 36.5 Å². The maximum absolute atomic E-state index is 11.6. The van der Waals surface area contributed by atoms with E-state index in [0.717, 1.165) is 25.9 Å². The molecule has 0 atom stereocenters. The topological polar surface area (TPSA) is 32.3 Å². The number of amides is 1. The Hall–Kier alpha value is -1.51. The Morgan fingerprint density at radius 2 is 1.89 bits per heavy atom. The van der Waals surface area contributed by atoms with Crippen molar-refractivity contribution >= 4 is 11.6 Å². The van der Waals surface area contributed by atoms with Crippen LogP contribution in [0.4, 0.5) is 5.69 Å². The normalized spacial score (nSPS) is 16.7. The third-order valence-electron chi connectivity index (χ3n) is 3.57. The molecule has 1 aliphatic heterocycles. The molecule has 2 rings (SSSR count). The molecule has 0 saturated carbocycles. The summed E-state index contributed by atoms with van der Waals surface area (Å²) in [5.41, 5.74) is 2.46. The molecule has 1 amide bonds. The van der Waals surface area contributed by atoms with Crippen molar-refractivity contribution in [1.82, 2.24) is 4.90 Å². The molecular formula is C15H22N2O. The van der Waals surface area contributed by atoms with Crippen molar-refractivity contribution in [2.24, 2.45) is 0 Å². The minimum atomic E-state index is 0.281. The fraction of sp³-hybridized carbons (Fsp3) is 0.533. The lowest BCUT2D eigenvalue weighted by Gasteiger charge is -2.32. The van der Waals surface area contributed by atoms with E-state index in [1.165, 1.54) is 11.3 Å². The molecule has 1 aromatic carbocycles. The van der Waals surface area contributed by atoms with Gasteiger partial charge in [0.25, 0.3) is 0 Å². The quantitative estimate of drug-likeness (QED) is 0.889. The number of nitrogens with zero attached hydrogens (tertiary/aromatic N) is 1. The zero-order chi connectivity index (χ0) is 13.0. The predicted molar refractivity (Wildman–Crippen MR) is 74.7 cm³/mol. The van der Waals surface area contributed by atoms with Crippen LogP contribution in [0.15, 0.2) is 24.3 Å². The van der Waals surface area contributed by atoms with Crippen LogP contribution in [0.1, 0.15) is 31.7 Å². The average Bonchev–Trinajstić information content (AvgIpc) is 2.41. The largest absolute Gasteiger partial charge is 0.382 e. The Morgan fingerprint density at radius 1 is 1.28 bits per heavy atom. The predicted octanol–water partition coefficient (Wildman–Crippen LogP) is 2.81. The third-order valence-corrected chi connectivity index (χ3v) is 3.57. The fourth-order valence-corrected chi connectivity index (χ4v) is 2.38. The fourth-order valence-electron chi connectivity index (χ4n) is 2.38. The van der Waals surface area contributed by atoms with Gasteiger partial charge in [-0.1, -0.05) is 24.6 Å². The molecule has 18 heavy (non-hydrogen) atoms. The number of benzene rings is 1. The molecule has 3 nitrogen and oxygen atoms in total. The van der Waals surface area contributed by atoms with Gasteiger partial charge in [0.15, 0.2) is 0 Å². The maximum atomic E-state index is 11.6. The Bertz CT molecular complexity index is 391. The number of piperidine rings is 1. The number of aryl methyl sites for hydroxylation is 1. The van der Waals surface area contributed by atoms with Gasteiger partial charge in [-0.05, 0) is 31.9 Å². The molecule has 98 valence electrons. The van der Waals surface area contributed by atoms with Crippen molar-refractivity contribution in [3.05, 3.63) is 29.8 Å². The van der Waals surface area contributed by atoms with Crippen LogP contribution in [0, 0.1) is 6.92 Å². The smallest absolute Gasteiger partial charge is 0.222 e. The zero-order valence-corrected chi connectivity index (χ0v) is 11.3. The van der Waals surface area contributed by atoms with Crippen LogP contribution >= 0.6 is 0 Å². The van der Waals surface area contributed by atoms with Crippen molar-refractivity contribution in [1.29, 1.82) is 0 Å². The van der Waals surface area contributed by atoms with Gasteiger partial charge in [-0.2, -0.15) is 0 Å². The maximum Gasteiger partial charge on any atom is 0.222 e. The van der Waals surface area contributed by atoms with Crippen molar-refractivity contribution in [3.63, 3.8) is 0 Å². The van der Waals surface area contributed by atoms with E-state index < -0.39 is 0 Å². The van der Waals surface area contributed by atoms with Crippen molar-refractivity contribution < 1.29 is 4.79 Å². The SMILES string of the molecule is CCC(=O)N1CCC(Nc2ccc(C)cc2)CC1. The molecule has 1 heterocycles. The molecule has 1 aliphatic rings. The van der Waals surface area contributed by atoms with E-state index in [1.54, 1.807) is 0 Å². The van der Waals surface area contributed by atoms with Gasteiger partial charge in [0.2, 0.25) is 5.91 Å². The summed E-state index contributed by atoms with van der Waals surface area (Å²) in [4.78, 5) is 13.6. The van der Waals surface area contributed by atoms with E-state index in [0.29, 0.717) is 12.5 Å². The molecule has 3 heteroatoms. The minimum Gasteiger partial charge on any atom is -0.382 e. The first kappa shape index (κ1) is 12.9. The summed E-state index contributed by atoms with van der Waals surface area (Å²) in [5.74, 6) is 0.281. The summed E-state index contributed by atoms with van der Waals surface area (Å²) in [5, 5.41) is 3.55. The molecule has 0 aliphatic carbocycles. The second-order valence-corrected chi connectivity index (χ2v) is 5.02. The number of likely N-dealkylation sites (tertiary alicyclic amines) is 1. The molecule has 1 fully saturated rings. The number of hydrogen-bond acceptors (Lipinski definition) is 2. The summed E-state index contributed by atoms with van der Waals surface area (Å²) in [7, 11) is 0. The number of nitrogens with one attached hydrogen (secondary N) is 1. The van der Waals surface area contributed by atoms with E-state index in [-0.39, 0.29) is 5.91 Å². The Kier molecular flexibility index (Phi) is 4.24. The van der Waals surface area contributed by atoms with Crippen LogP contribution in [-0.4, -0.2) is 29.9 Å². The van der Waals surface area contributed by atoms with Gasteiger partial charge in [-0.25, -0.2) is 0 Å². The van der Waals surface area contributed by atoms with Gasteiger partial charge < -0.3 is 10.2 Å². The van der Waals surface area contributed by atoms with Gasteiger partial charge in [0.05, 0.1) is 0 Å². The molecule has 1 saturated heterocycles. The lowest BCUT2D eigenvalue weighted by molar-refractivity contribution is -0.131. The molecule has 0 radical (unpaired) electrons. The zero-order valence-electron chi connectivity index (χ0n) is 11.3. The Balaban J connectivity index is 1.83. The van der Waals surface area contributed by atoms with Gasteiger partial charge in [-0.15, -0.1) is 0 Å². The lowest BCUT2D eigenvalue weighted by atomic mass is 10.0. The highest BCUT2D eigenvalue weighted by atomic mass is 16.2. The molecule has 1 N–H and O–H groups in total. The third kappa shape index (κ3) is 3.25. The monoisotopic (exact) mass is 246 g/mol. The summed E-state index contributed by atoms with van der Waals surface area (Å²) >= 11 is 0. The van der Waals surface area contributed by atoms with Gasteiger partial charge in [0, 0.05) is 31.2 Å². The van der Waals surface area contributed by atoms with Crippen LogP contribution in [0.5, 0.6) is 0 Å². The lowest BCUT2D eigenvalue weighted by Crippen LogP contribution is -2.42. The number of carbonyl (C=O) groups is 1. The standard InChI is InChI=1S/C15H22N2O/c1-3-15(18)17-10-8-14(9-11-17)16-13-6-4-12(2)5-7-13/h4-7,14,16H,3,8-11H2,1-2H3. The van der Waals surface area contributed by atoms with Crippen LogP contribution < -0.4 is 5.32 Å². The van der Waals surface area contributed by atoms with Crippen molar-refractivity contribution in [2.75, 3.05) is 18.4 Å². The van der Waals surface area contributed by atoms with Gasteiger partial charge in [0.1, 0.15) is 0 Å². The van der Waals surface area contributed by atoms with E-state index in [9.17, 15) is 4.79 Å². The van der Waals surface area contributed by atoms with E-state index in [4.69, 9.17) is 0 Å². The number of carbonyl (C=O) groups excluding carboxylic acids is 1. The summed E-state index contributed by atoms with van der Waals surface area (Å²) in [6.07, 6.45) is 2.70. The van der Waals surface area contributed by atoms with E-state index in [1.807, 2.05) is 11.8 Å². The van der Waals surface area contributed by atoms with Crippen LogP contribution in [0.25, 0.3) is 0 Å². The van der Waals surface area contributed by atoms with Crippen LogP contribution in [0.3, 0.4) is 0 Å². The number of hydrogen-bond donors (Lipinski definition) is 1. The Morgan fingerprint density at radius 3 is 2.44 bits per heavy atom. The van der Waals surface area contributed by atoms with Crippen LogP contribution in [-0.2, 0) is 4.79 Å². The molecule has 0 unspecified atom stereocenters. The minimum absolute atomic E-state index is 0.281. The highest BCUT2D eigenvalue weighted by molar-refractivity contribution is 5.75. The average molecular weight is 246 g/mol. The summed E-state index contributed by atoms with van der Waals surface area (Å²) in [6.45, 7) is 5.80.